The standard InChI is InChI=1S/C17H19BrN2O2/c1-12-11-13(18)3-8-16(12)19-10-9-17(21)20-14-4-6-15(22-2)7-5-14/h3-8,11,19H,9-10H2,1-2H3,(H,20,21). The van der Waals surface area contributed by atoms with Gasteiger partial charge in [-0.25, -0.2) is 0 Å². The lowest BCUT2D eigenvalue weighted by molar-refractivity contribution is -0.115. The van der Waals surface area contributed by atoms with Gasteiger partial charge < -0.3 is 15.4 Å². The molecule has 0 saturated carbocycles. The molecule has 1 amide bonds. The Morgan fingerprint density at radius 1 is 1.18 bits per heavy atom. The SMILES string of the molecule is COc1ccc(NC(=O)CCNc2ccc(Br)cc2C)cc1. The van der Waals surface area contributed by atoms with Crippen LogP contribution in [-0.4, -0.2) is 19.6 Å². The van der Waals surface area contributed by atoms with Crippen LogP contribution in [0.4, 0.5) is 11.4 Å². The predicted octanol–water partition coefficient (Wildman–Crippen LogP) is 4.21. The van der Waals surface area contributed by atoms with Crippen molar-refractivity contribution in [3.05, 3.63) is 52.5 Å². The quantitative estimate of drug-likeness (QED) is 0.809. The number of rotatable bonds is 6. The molecule has 116 valence electrons. The molecule has 4 nitrogen and oxygen atoms in total. The van der Waals surface area contributed by atoms with E-state index in [9.17, 15) is 4.79 Å². The van der Waals surface area contributed by atoms with Crippen LogP contribution in [0, 0.1) is 6.92 Å². The zero-order chi connectivity index (χ0) is 15.9. The number of carbonyl (C=O) groups excluding carboxylic acids is 1. The van der Waals surface area contributed by atoms with Gasteiger partial charge in [-0.1, -0.05) is 15.9 Å². The first-order valence-corrected chi connectivity index (χ1v) is 7.81. The van der Waals surface area contributed by atoms with E-state index in [2.05, 4.69) is 26.6 Å². The fraction of sp³-hybridized carbons (Fsp3) is 0.235. The lowest BCUT2D eigenvalue weighted by Gasteiger charge is -2.10. The maximum absolute atomic E-state index is 11.9. The molecule has 0 radical (unpaired) electrons. The summed E-state index contributed by atoms with van der Waals surface area (Å²) < 4.78 is 6.13. The number of halogens is 1. The van der Waals surface area contributed by atoms with Gasteiger partial charge in [0.2, 0.25) is 5.91 Å². The zero-order valence-corrected chi connectivity index (χ0v) is 14.2. The minimum absolute atomic E-state index is 0.0209. The van der Waals surface area contributed by atoms with Gasteiger partial charge in [-0.05, 0) is 55.0 Å². The molecule has 0 bridgehead atoms. The minimum atomic E-state index is -0.0209. The Morgan fingerprint density at radius 3 is 2.55 bits per heavy atom. The van der Waals surface area contributed by atoms with Gasteiger partial charge in [-0.15, -0.1) is 0 Å². The summed E-state index contributed by atoms with van der Waals surface area (Å²) in [4.78, 5) is 11.9. The van der Waals surface area contributed by atoms with Crippen LogP contribution in [-0.2, 0) is 4.79 Å². The zero-order valence-electron chi connectivity index (χ0n) is 12.7. The molecule has 2 N–H and O–H groups in total. The molecule has 2 aromatic carbocycles. The lowest BCUT2D eigenvalue weighted by atomic mass is 10.2. The first kappa shape index (κ1) is 16.4. The molecule has 0 fully saturated rings. The molecule has 0 aliphatic rings. The van der Waals surface area contributed by atoms with Crippen LogP contribution in [0.3, 0.4) is 0 Å². The van der Waals surface area contributed by atoms with Gasteiger partial charge in [0.25, 0.3) is 0 Å². The van der Waals surface area contributed by atoms with Crippen molar-refractivity contribution in [3.63, 3.8) is 0 Å². The maximum atomic E-state index is 11.9. The Kier molecular flexibility index (Phi) is 5.83. The third-order valence-corrected chi connectivity index (χ3v) is 3.72. The van der Waals surface area contributed by atoms with Crippen LogP contribution in [0.15, 0.2) is 46.9 Å². The number of nitrogens with one attached hydrogen (secondary N) is 2. The van der Waals surface area contributed by atoms with E-state index in [0.717, 1.165) is 27.2 Å². The van der Waals surface area contributed by atoms with Crippen LogP contribution < -0.4 is 15.4 Å². The molecule has 5 heteroatoms. The van der Waals surface area contributed by atoms with E-state index in [0.29, 0.717) is 13.0 Å². The average Bonchev–Trinajstić information content (AvgIpc) is 2.50. The Bertz CT molecular complexity index is 642. The molecule has 0 atom stereocenters. The van der Waals surface area contributed by atoms with Crippen molar-refractivity contribution in [1.82, 2.24) is 0 Å². The largest absolute Gasteiger partial charge is 0.497 e. The molecular weight excluding hydrogens is 344 g/mol. The van der Waals surface area contributed by atoms with Gasteiger partial charge >= 0.3 is 0 Å². The highest BCUT2D eigenvalue weighted by Crippen LogP contribution is 2.20. The molecular formula is C17H19BrN2O2. The molecule has 0 unspecified atom stereocenters. The Balaban J connectivity index is 1.79. The number of methoxy groups -OCH3 is 1. The normalized spacial score (nSPS) is 10.1. The van der Waals surface area contributed by atoms with Crippen molar-refractivity contribution >= 4 is 33.2 Å². The van der Waals surface area contributed by atoms with E-state index in [4.69, 9.17) is 4.74 Å². The van der Waals surface area contributed by atoms with Gasteiger partial charge in [0.15, 0.2) is 0 Å². The second kappa shape index (κ2) is 7.84. The molecule has 2 aromatic rings. The molecule has 0 aliphatic carbocycles. The summed E-state index contributed by atoms with van der Waals surface area (Å²) >= 11 is 3.43. The summed E-state index contributed by atoms with van der Waals surface area (Å²) in [6.07, 6.45) is 0.404. The van der Waals surface area contributed by atoms with E-state index in [1.165, 1.54) is 0 Å². The fourth-order valence-electron chi connectivity index (χ4n) is 2.03. The van der Waals surface area contributed by atoms with Gasteiger partial charge in [0.05, 0.1) is 7.11 Å². The van der Waals surface area contributed by atoms with Gasteiger partial charge in [0.1, 0.15) is 5.75 Å². The van der Waals surface area contributed by atoms with E-state index in [1.807, 2.05) is 49.4 Å². The second-order valence-electron chi connectivity index (χ2n) is 4.91. The van der Waals surface area contributed by atoms with E-state index >= 15 is 0 Å². The predicted molar refractivity (Wildman–Crippen MR) is 93.6 cm³/mol. The van der Waals surface area contributed by atoms with Gasteiger partial charge in [0, 0.05) is 28.8 Å². The third kappa shape index (κ3) is 4.77. The smallest absolute Gasteiger partial charge is 0.226 e. The van der Waals surface area contributed by atoms with E-state index in [-0.39, 0.29) is 5.91 Å². The summed E-state index contributed by atoms with van der Waals surface area (Å²) in [5, 5.41) is 6.13. The first-order chi connectivity index (χ1) is 10.6. The lowest BCUT2D eigenvalue weighted by Crippen LogP contribution is -2.16. The fourth-order valence-corrected chi connectivity index (χ4v) is 2.51. The number of benzene rings is 2. The average molecular weight is 363 g/mol. The summed E-state index contributed by atoms with van der Waals surface area (Å²) in [6, 6.07) is 13.3. The van der Waals surface area contributed by atoms with Crippen LogP contribution in [0.2, 0.25) is 0 Å². The van der Waals surface area contributed by atoms with Crippen LogP contribution in [0.5, 0.6) is 5.75 Å². The number of ether oxygens (including phenoxy) is 1. The Labute approximate surface area is 139 Å². The number of carbonyl (C=O) groups is 1. The summed E-state index contributed by atoms with van der Waals surface area (Å²) in [6.45, 7) is 2.62. The van der Waals surface area contributed by atoms with Crippen LogP contribution >= 0.6 is 15.9 Å². The van der Waals surface area contributed by atoms with Gasteiger partial charge in [-0.3, -0.25) is 4.79 Å². The van der Waals surface area contributed by atoms with Crippen LogP contribution in [0.25, 0.3) is 0 Å². The van der Waals surface area contributed by atoms with Gasteiger partial charge in [-0.2, -0.15) is 0 Å². The number of amides is 1. The summed E-state index contributed by atoms with van der Waals surface area (Å²) in [5.74, 6) is 0.748. The van der Waals surface area contributed by atoms with Crippen molar-refractivity contribution in [3.8, 4) is 5.75 Å². The summed E-state index contributed by atoms with van der Waals surface area (Å²) in [5.41, 5.74) is 2.95. The molecule has 0 spiro atoms. The molecule has 22 heavy (non-hydrogen) atoms. The van der Waals surface area contributed by atoms with Crippen molar-refractivity contribution in [1.29, 1.82) is 0 Å². The number of anilines is 2. The molecule has 0 aromatic heterocycles. The van der Waals surface area contributed by atoms with Crippen LogP contribution in [0.1, 0.15) is 12.0 Å². The maximum Gasteiger partial charge on any atom is 0.226 e. The highest BCUT2D eigenvalue weighted by atomic mass is 79.9. The van der Waals surface area contributed by atoms with Crippen molar-refractivity contribution in [2.45, 2.75) is 13.3 Å². The third-order valence-electron chi connectivity index (χ3n) is 3.23. The minimum Gasteiger partial charge on any atom is -0.497 e. The van der Waals surface area contributed by atoms with Crippen molar-refractivity contribution in [2.24, 2.45) is 0 Å². The van der Waals surface area contributed by atoms with Crippen molar-refractivity contribution in [2.75, 3.05) is 24.3 Å². The number of hydrogen-bond acceptors (Lipinski definition) is 3. The number of aryl methyl sites for hydroxylation is 1. The number of hydrogen-bond donors (Lipinski definition) is 2. The second-order valence-corrected chi connectivity index (χ2v) is 5.83. The monoisotopic (exact) mass is 362 g/mol. The molecule has 0 saturated heterocycles. The topological polar surface area (TPSA) is 50.4 Å². The van der Waals surface area contributed by atoms with E-state index in [1.54, 1.807) is 7.11 Å². The molecule has 2 rings (SSSR count). The molecule has 0 heterocycles. The van der Waals surface area contributed by atoms with Crippen molar-refractivity contribution < 1.29 is 9.53 Å². The first-order valence-electron chi connectivity index (χ1n) is 7.02. The highest BCUT2D eigenvalue weighted by molar-refractivity contribution is 9.10. The molecule has 0 aliphatic heterocycles. The Hall–Kier alpha value is -2.01. The van der Waals surface area contributed by atoms with E-state index < -0.39 is 0 Å². The summed E-state index contributed by atoms with van der Waals surface area (Å²) in [7, 11) is 1.61. The highest BCUT2D eigenvalue weighted by Gasteiger charge is 2.04. The Morgan fingerprint density at radius 2 is 1.91 bits per heavy atom.